The lowest BCUT2D eigenvalue weighted by atomic mass is 10.1. The Hall–Kier alpha value is -1.62. The number of ether oxygens (including phenoxy) is 1. The van der Waals surface area contributed by atoms with E-state index >= 15 is 0 Å². The van der Waals surface area contributed by atoms with Gasteiger partial charge >= 0.3 is 0 Å². The second kappa shape index (κ2) is 7.24. The number of carbonyl (C=O) groups excluding carboxylic acids is 1. The second-order valence-electron chi connectivity index (χ2n) is 5.02. The van der Waals surface area contributed by atoms with Gasteiger partial charge in [0.2, 0.25) is 0 Å². The summed E-state index contributed by atoms with van der Waals surface area (Å²) in [5, 5.41) is 0. The molecule has 0 atom stereocenters. The fraction of sp³-hybridized carbons (Fsp3) is 0.467. The molecule has 2 N–H and O–H groups in total. The first-order valence-corrected chi connectivity index (χ1v) is 7.34. The van der Waals surface area contributed by atoms with Crippen LogP contribution in [-0.4, -0.2) is 35.5 Å². The second-order valence-corrected chi connectivity index (χ2v) is 5.54. The van der Waals surface area contributed by atoms with Gasteiger partial charge in [-0.3, -0.25) is 4.79 Å². The summed E-state index contributed by atoms with van der Waals surface area (Å²) in [6, 6.07) is 7.52. The Kier molecular flexibility index (Phi) is 5.35. The summed E-state index contributed by atoms with van der Waals surface area (Å²) in [6.45, 7) is 1.82. The van der Waals surface area contributed by atoms with Crippen molar-refractivity contribution in [2.24, 2.45) is 5.73 Å². The molecule has 0 unspecified atom stereocenters. The molecule has 1 aliphatic rings. The third-order valence-electron chi connectivity index (χ3n) is 3.37. The van der Waals surface area contributed by atoms with Gasteiger partial charge in [-0.15, -0.1) is 0 Å². The molecular weight excluding hydrogens is 272 g/mol. The normalized spacial score (nSPS) is 14.9. The van der Waals surface area contributed by atoms with Crippen molar-refractivity contribution in [1.82, 2.24) is 4.90 Å². The number of carbonyl (C=O) groups is 1. The molecule has 2 rings (SSSR count). The summed E-state index contributed by atoms with van der Waals surface area (Å²) in [6.07, 6.45) is 4.00. The van der Waals surface area contributed by atoms with Gasteiger partial charge in [-0.25, -0.2) is 0 Å². The van der Waals surface area contributed by atoms with Crippen LogP contribution in [0.5, 0.6) is 5.75 Å². The van der Waals surface area contributed by atoms with Gasteiger partial charge in [0.05, 0.1) is 4.99 Å². The first kappa shape index (κ1) is 14.8. The van der Waals surface area contributed by atoms with E-state index in [9.17, 15) is 4.79 Å². The van der Waals surface area contributed by atoms with Crippen LogP contribution in [0.2, 0.25) is 0 Å². The molecule has 20 heavy (non-hydrogen) atoms. The van der Waals surface area contributed by atoms with E-state index in [0.29, 0.717) is 17.2 Å². The molecule has 5 heteroatoms. The lowest BCUT2D eigenvalue weighted by Gasteiger charge is -2.26. The number of nitrogens with two attached hydrogens (primary N) is 1. The number of hydrogen-bond donors (Lipinski definition) is 1. The molecule has 1 aromatic rings. The zero-order valence-electron chi connectivity index (χ0n) is 11.5. The van der Waals surface area contributed by atoms with Crippen LogP contribution in [-0.2, 0) is 11.2 Å². The number of thiocarbonyl (C=S) groups is 1. The van der Waals surface area contributed by atoms with E-state index in [2.05, 4.69) is 0 Å². The highest BCUT2D eigenvalue weighted by molar-refractivity contribution is 7.80. The molecule has 108 valence electrons. The van der Waals surface area contributed by atoms with E-state index < -0.39 is 0 Å². The van der Waals surface area contributed by atoms with Crippen molar-refractivity contribution < 1.29 is 9.53 Å². The number of amides is 1. The van der Waals surface area contributed by atoms with Crippen molar-refractivity contribution >= 4 is 23.1 Å². The number of rotatable bonds is 5. The molecule has 1 aromatic carbocycles. The fourth-order valence-corrected chi connectivity index (χ4v) is 2.45. The van der Waals surface area contributed by atoms with Gasteiger partial charge in [-0.2, -0.15) is 0 Å². The van der Waals surface area contributed by atoms with Crippen LogP contribution in [0.3, 0.4) is 0 Å². The summed E-state index contributed by atoms with van der Waals surface area (Å²) in [7, 11) is 0. The highest BCUT2D eigenvalue weighted by atomic mass is 32.1. The summed E-state index contributed by atoms with van der Waals surface area (Å²) in [4.78, 5) is 14.3. The molecule has 1 saturated heterocycles. The Morgan fingerprint density at radius 2 is 1.85 bits per heavy atom. The number of hydrogen-bond acceptors (Lipinski definition) is 3. The molecule has 0 bridgehead atoms. The smallest absolute Gasteiger partial charge is 0.260 e. The molecule has 1 amide bonds. The minimum atomic E-state index is 0.0666. The monoisotopic (exact) mass is 292 g/mol. The Labute approximate surface area is 124 Å². The molecule has 1 heterocycles. The highest BCUT2D eigenvalue weighted by Crippen LogP contribution is 2.14. The van der Waals surface area contributed by atoms with Gasteiger partial charge in [-0.1, -0.05) is 24.4 Å². The van der Waals surface area contributed by atoms with Crippen LogP contribution in [0, 0.1) is 0 Å². The average molecular weight is 292 g/mol. The van der Waals surface area contributed by atoms with Crippen LogP contribution in [0.15, 0.2) is 24.3 Å². The van der Waals surface area contributed by atoms with E-state index in [0.717, 1.165) is 31.5 Å². The zero-order chi connectivity index (χ0) is 14.4. The van der Waals surface area contributed by atoms with Crippen LogP contribution < -0.4 is 10.5 Å². The standard InChI is InChI=1S/C15H20N2O2S/c16-14(20)10-12-4-6-13(7-5-12)19-11-15(18)17-8-2-1-3-9-17/h4-7H,1-3,8-11H2,(H2,16,20). The minimum Gasteiger partial charge on any atom is -0.484 e. The first-order chi connectivity index (χ1) is 9.65. The molecule has 0 aliphatic carbocycles. The van der Waals surface area contributed by atoms with Crippen molar-refractivity contribution in [2.75, 3.05) is 19.7 Å². The van der Waals surface area contributed by atoms with Gasteiger partial charge in [-0.05, 0) is 37.0 Å². The zero-order valence-corrected chi connectivity index (χ0v) is 12.3. The maximum absolute atomic E-state index is 12.0. The number of nitrogens with zero attached hydrogens (tertiary/aromatic N) is 1. The average Bonchev–Trinajstić information content (AvgIpc) is 2.46. The molecule has 0 saturated carbocycles. The lowest BCUT2D eigenvalue weighted by Crippen LogP contribution is -2.38. The van der Waals surface area contributed by atoms with E-state index in [4.69, 9.17) is 22.7 Å². The number of likely N-dealkylation sites (tertiary alicyclic amines) is 1. The highest BCUT2D eigenvalue weighted by Gasteiger charge is 2.16. The topological polar surface area (TPSA) is 55.6 Å². The quantitative estimate of drug-likeness (QED) is 0.842. The minimum absolute atomic E-state index is 0.0666. The predicted molar refractivity (Wildman–Crippen MR) is 82.9 cm³/mol. The Morgan fingerprint density at radius 1 is 1.20 bits per heavy atom. The summed E-state index contributed by atoms with van der Waals surface area (Å²) < 4.78 is 5.53. The Bertz CT molecular complexity index is 467. The van der Waals surface area contributed by atoms with Gasteiger partial charge in [0, 0.05) is 19.5 Å². The van der Waals surface area contributed by atoms with Crippen LogP contribution >= 0.6 is 12.2 Å². The van der Waals surface area contributed by atoms with Crippen molar-refractivity contribution in [3.05, 3.63) is 29.8 Å². The largest absolute Gasteiger partial charge is 0.484 e. The maximum Gasteiger partial charge on any atom is 0.260 e. The van der Waals surface area contributed by atoms with Crippen molar-refractivity contribution in [1.29, 1.82) is 0 Å². The van der Waals surface area contributed by atoms with E-state index in [1.54, 1.807) is 0 Å². The summed E-state index contributed by atoms with van der Waals surface area (Å²) in [5.74, 6) is 0.763. The molecule has 0 spiro atoms. The maximum atomic E-state index is 12.0. The van der Waals surface area contributed by atoms with E-state index in [1.807, 2.05) is 29.2 Å². The van der Waals surface area contributed by atoms with Crippen LogP contribution in [0.1, 0.15) is 24.8 Å². The molecule has 4 nitrogen and oxygen atoms in total. The SMILES string of the molecule is NC(=S)Cc1ccc(OCC(=O)N2CCCCC2)cc1. The summed E-state index contributed by atoms with van der Waals surface area (Å²) in [5.41, 5.74) is 6.54. The predicted octanol–water partition coefficient (Wildman–Crippen LogP) is 1.91. The number of benzene rings is 1. The third-order valence-corrected chi connectivity index (χ3v) is 3.52. The van der Waals surface area contributed by atoms with Gasteiger partial charge in [0.1, 0.15) is 5.75 Å². The first-order valence-electron chi connectivity index (χ1n) is 6.93. The van der Waals surface area contributed by atoms with Crippen molar-refractivity contribution in [2.45, 2.75) is 25.7 Å². The van der Waals surface area contributed by atoms with Crippen molar-refractivity contribution in [3.8, 4) is 5.75 Å². The van der Waals surface area contributed by atoms with Crippen LogP contribution in [0.25, 0.3) is 0 Å². The lowest BCUT2D eigenvalue weighted by molar-refractivity contribution is -0.134. The summed E-state index contributed by atoms with van der Waals surface area (Å²) >= 11 is 4.86. The van der Waals surface area contributed by atoms with Gasteiger partial charge in [0.15, 0.2) is 6.61 Å². The number of piperidine rings is 1. The molecular formula is C15H20N2O2S. The molecule has 1 aliphatic heterocycles. The van der Waals surface area contributed by atoms with E-state index in [-0.39, 0.29) is 12.5 Å². The van der Waals surface area contributed by atoms with Crippen LogP contribution in [0.4, 0.5) is 0 Å². The Balaban J connectivity index is 1.81. The third kappa shape index (κ3) is 4.49. The molecule has 0 radical (unpaired) electrons. The Morgan fingerprint density at radius 3 is 2.45 bits per heavy atom. The van der Waals surface area contributed by atoms with Gasteiger partial charge < -0.3 is 15.4 Å². The fourth-order valence-electron chi connectivity index (χ4n) is 2.28. The molecule has 1 fully saturated rings. The molecule has 0 aromatic heterocycles. The van der Waals surface area contributed by atoms with Crippen molar-refractivity contribution in [3.63, 3.8) is 0 Å². The van der Waals surface area contributed by atoms with E-state index in [1.165, 1.54) is 6.42 Å². The van der Waals surface area contributed by atoms with Gasteiger partial charge in [0.25, 0.3) is 5.91 Å².